The average molecular weight is 423 g/mol. The van der Waals surface area contributed by atoms with Crippen LogP contribution in [0.15, 0.2) is 54.6 Å². The number of piperazine rings is 1. The Bertz CT molecular complexity index is 830. The molecule has 2 N–H and O–H groups in total. The van der Waals surface area contributed by atoms with Crippen LogP contribution in [0.5, 0.6) is 0 Å². The molecule has 166 valence electrons. The molecule has 6 nitrogen and oxygen atoms in total. The second-order valence-corrected chi connectivity index (χ2v) is 8.20. The Balaban J connectivity index is 1.65. The molecule has 0 bridgehead atoms. The van der Waals surface area contributed by atoms with Gasteiger partial charge in [0.15, 0.2) is 0 Å². The minimum absolute atomic E-state index is 0.0341. The van der Waals surface area contributed by atoms with Crippen molar-refractivity contribution in [3.63, 3.8) is 0 Å². The quantitative estimate of drug-likeness (QED) is 0.610. The van der Waals surface area contributed by atoms with E-state index in [0.29, 0.717) is 25.1 Å². The Morgan fingerprint density at radius 1 is 0.903 bits per heavy atom. The molecule has 1 fully saturated rings. The number of amides is 2. The van der Waals surface area contributed by atoms with Crippen LogP contribution < -0.4 is 10.6 Å². The molecule has 0 radical (unpaired) electrons. The summed E-state index contributed by atoms with van der Waals surface area (Å²) in [6.07, 6.45) is 2.52. The standard InChI is InChI=1S/C25H34N4O2/c1-26-15-7-6-10-23(25(31)29-18-16-28(2)17-19-29)27-24(30)22-13-11-21(12-14-22)20-8-4-3-5-9-20/h3-5,8-9,11-14,23,26H,6-7,10,15-19H2,1-2H3,(H,27,30)/t23-/m0/s1. The van der Waals surface area contributed by atoms with Crippen LogP contribution in [0.25, 0.3) is 11.1 Å². The van der Waals surface area contributed by atoms with Crippen LogP contribution in [0.3, 0.4) is 0 Å². The van der Waals surface area contributed by atoms with Gasteiger partial charge in [-0.05, 0) is 63.2 Å². The molecule has 1 saturated heterocycles. The van der Waals surface area contributed by atoms with Crippen molar-refractivity contribution in [1.29, 1.82) is 0 Å². The van der Waals surface area contributed by atoms with Crippen LogP contribution in [-0.2, 0) is 4.79 Å². The first-order valence-corrected chi connectivity index (χ1v) is 11.2. The molecule has 3 rings (SSSR count). The van der Waals surface area contributed by atoms with Crippen molar-refractivity contribution < 1.29 is 9.59 Å². The van der Waals surface area contributed by atoms with Crippen molar-refractivity contribution in [2.24, 2.45) is 0 Å². The molecule has 0 aliphatic carbocycles. The van der Waals surface area contributed by atoms with Crippen LogP contribution in [-0.4, -0.2) is 74.5 Å². The molecule has 6 heteroatoms. The molecule has 0 aromatic heterocycles. The number of benzene rings is 2. The van der Waals surface area contributed by atoms with Gasteiger partial charge in [-0.3, -0.25) is 9.59 Å². The zero-order valence-electron chi connectivity index (χ0n) is 18.6. The van der Waals surface area contributed by atoms with Crippen molar-refractivity contribution in [3.8, 4) is 11.1 Å². The zero-order valence-corrected chi connectivity index (χ0v) is 18.6. The minimum Gasteiger partial charge on any atom is -0.340 e. The van der Waals surface area contributed by atoms with E-state index in [1.54, 1.807) is 0 Å². The highest BCUT2D eigenvalue weighted by molar-refractivity contribution is 5.98. The summed E-state index contributed by atoms with van der Waals surface area (Å²) >= 11 is 0. The van der Waals surface area contributed by atoms with Gasteiger partial charge in [0, 0.05) is 31.7 Å². The fourth-order valence-corrected chi connectivity index (χ4v) is 3.84. The summed E-state index contributed by atoms with van der Waals surface area (Å²) in [7, 11) is 3.99. The largest absolute Gasteiger partial charge is 0.340 e. The Morgan fingerprint density at radius 2 is 1.55 bits per heavy atom. The summed E-state index contributed by atoms with van der Waals surface area (Å²) in [5.74, 6) is -0.160. The number of hydrogen-bond acceptors (Lipinski definition) is 4. The normalized spacial score (nSPS) is 15.5. The molecule has 0 unspecified atom stereocenters. The van der Waals surface area contributed by atoms with Gasteiger partial charge in [0.05, 0.1) is 0 Å². The summed E-state index contributed by atoms with van der Waals surface area (Å²) in [6.45, 7) is 4.07. The van der Waals surface area contributed by atoms with E-state index >= 15 is 0 Å². The highest BCUT2D eigenvalue weighted by atomic mass is 16.2. The summed E-state index contributed by atoms with van der Waals surface area (Å²) in [4.78, 5) is 30.2. The van der Waals surface area contributed by atoms with Gasteiger partial charge in [0.1, 0.15) is 6.04 Å². The maximum atomic E-state index is 13.2. The fraction of sp³-hybridized carbons (Fsp3) is 0.440. The third-order valence-corrected chi connectivity index (χ3v) is 5.84. The predicted octanol–water partition coefficient (Wildman–Crippen LogP) is 2.62. The Hall–Kier alpha value is -2.70. The number of unbranched alkanes of at least 4 members (excludes halogenated alkanes) is 1. The molecule has 0 spiro atoms. The Kier molecular flexibility index (Phi) is 8.62. The second-order valence-electron chi connectivity index (χ2n) is 8.20. The number of likely N-dealkylation sites (N-methyl/N-ethyl adjacent to an activating group) is 1. The summed E-state index contributed by atoms with van der Waals surface area (Å²) in [6, 6.07) is 17.2. The maximum absolute atomic E-state index is 13.2. The van der Waals surface area contributed by atoms with Crippen molar-refractivity contribution in [2.75, 3.05) is 46.8 Å². The third-order valence-electron chi connectivity index (χ3n) is 5.84. The number of hydrogen-bond donors (Lipinski definition) is 2. The molecule has 1 atom stereocenters. The summed E-state index contributed by atoms with van der Waals surface area (Å²) < 4.78 is 0. The van der Waals surface area contributed by atoms with Crippen LogP contribution in [0, 0.1) is 0 Å². The van der Waals surface area contributed by atoms with Crippen molar-refractivity contribution in [3.05, 3.63) is 60.2 Å². The topological polar surface area (TPSA) is 64.7 Å². The molecule has 1 heterocycles. The number of rotatable bonds is 9. The molecular formula is C25H34N4O2. The maximum Gasteiger partial charge on any atom is 0.251 e. The van der Waals surface area contributed by atoms with E-state index in [1.807, 2.05) is 66.5 Å². The van der Waals surface area contributed by atoms with Crippen LogP contribution in [0.1, 0.15) is 29.6 Å². The number of nitrogens with one attached hydrogen (secondary N) is 2. The van der Waals surface area contributed by atoms with Gasteiger partial charge in [0.2, 0.25) is 5.91 Å². The van der Waals surface area contributed by atoms with E-state index in [0.717, 1.165) is 43.6 Å². The van der Waals surface area contributed by atoms with E-state index in [2.05, 4.69) is 22.6 Å². The first-order chi connectivity index (χ1) is 15.1. The molecule has 2 aromatic rings. The SMILES string of the molecule is CNCCCC[C@H](NC(=O)c1ccc(-c2ccccc2)cc1)C(=O)N1CCN(C)CC1. The van der Waals surface area contributed by atoms with Gasteiger partial charge >= 0.3 is 0 Å². The van der Waals surface area contributed by atoms with Gasteiger partial charge in [-0.15, -0.1) is 0 Å². The first-order valence-electron chi connectivity index (χ1n) is 11.2. The highest BCUT2D eigenvalue weighted by Gasteiger charge is 2.28. The second kappa shape index (κ2) is 11.6. The number of carbonyl (C=O) groups is 2. The van der Waals surface area contributed by atoms with Crippen molar-refractivity contribution in [1.82, 2.24) is 20.4 Å². The molecule has 2 amide bonds. The van der Waals surface area contributed by atoms with Gasteiger partial charge in [-0.25, -0.2) is 0 Å². The average Bonchev–Trinajstić information content (AvgIpc) is 2.81. The van der Waals surface area contributed by atoms with Gasteiger partial charge in [0.25, 0.3) is 5.91 Å². The summed E-state index contributed by atoms with van der Waals surface area (Å²) in [5, 5.41) is 6.15. The minimum atomic E-state index is -0.485. The van der Waals surface area contributed by atoms with Gasteiger partial charge < -0.3 is 20.4 Å². The highest BCUT2D eigenvalue weighted by Crippen LogP contribution is 2.19. The lowest BCUT2D eigenvalue weighted by Crippen LogP contribution is -2.54. The molecule has 1 aliphatic rings. The molecule has 1 aliphatic heterocycles. The lowest BCUT2D eigenvalue weighted by molar-refractivity contribution is -0.135. The molecule has 31 heavy (non-hydrogen) atoms. The summed E-state index contributed by atoms with van der Waals surface area (Å²) in [5.41, 5.74) is 2.75. The third kappa shape index (κ3) is 6.64. The lowest BCUT2D eigenvalue weighted by atomic mass is 10.0. The van der Waals surface area contributed by atoms with E-state index in [9.17, 15) is 9.59 Å². The molecular weight excluding hydrogens is 388 g/mol. The predicted molar refractivity (Wildman–Crippen MR) is 125 cm³/mol. The van der Waals surface area contributed by atoms with Gasteiger partial charge in [-0.2, -0.15) is 0 Å². The van der Waals surface area contributed by atoms with E-state index < -0.39 is 6.04 Å². The monoisotopic (exact) mass is 422 g/mol. The van der Waals surface area contributed by atoms with Crippen molar-refractivity contribution in [2.45, 2.75) is 25.3 Å². The first kappa shape index (κ1) is 23.0. The van der Waals surface area contributed by atoms with Crippen LogP contribution in [0.4, 0.5) is 0 Å². The Morgan fingerprint density at radius 3 is 2.19 bits per heavy atom. The Labute approximate surface area is 185 Å². The lowest BCUT2D eigenvalue weighted by Gasteiger charge is -2.34. The smallest absolute Gasteiger partial charge is 0.251 e. The van der Waals surface area contributed by atoms with Gasteiger partial charge in [-0.1, -0.05) is 42.5 Å². The fourth-order valence-electron chi connectivity index (χ4n) is 3.84. The van der Waals surface area contributed by atoms with Crippen molar-refractivity contribution >= 4 is 11.8 Å². The van der Waals surface area contributed by atoms with E-state index in [1.165, 1.54) is 0 Å². The van der Waals surface area contributed by atoms with Crippen LogP contribution in [0.2, 0.25) is 0 Å². The zero-order chi connectivity index (χ0) is 22.1. The van der Waals surface area contributed by atoms with E-state index in [-0.39, 0.29) is 11.8 Å². The number of carbonyl (C=O) groups excluding carboxylic acids is 2. The number of nitrogens with zero attached hydrogens (tertiary/aromatic N) is 2. The van der Waals surface area contributed by atoms with Crippen LogP contribution >= 0.6 is 0 Å². The molecule has 2 aromatic carbocycles. The van der Waals surface area contributed by atoms with E-state index in [4.69, 9.17) is 0 Å². The molecule has 0 saturated carbocycles.